The molecule has 5 heteroatoms. The first-order valence-electron chi connectivity index (χ1n) is 6.09. The second-order valence-corrected chi connectivity index (χ2v) is 4.17. The van der Waals surface area contributed by atoms with Gasteiger partial charge in [-0.05, 0) is 55.9 Å². The van der Waals surface area contributed by atoms with Crippen LogP contribution in [0, 0.1) is 0 Å². The quantitative estimate of drug-likeness (QED) is 0.363. The molecule has 0 amide bonds. The van der Waals surface area contributed by atoms with Crippen LogP contribution in [0.25, 0.3) is 0 Å². The summed E-state index contributed by atoms with van der Waals surface area (Å²) in [6, 6.07) is 7.77. The number of thiocarbonyl (C=S) groups is 1. The van der Waals surface area contributed by atoms with Crippen LogP contribution in [-0.4, -0.2) is 24.0 Å². The smallest absolute Gasteiger partial charge is 0.187 e. The van der Waals surface area contributed by atoms with Gasteiger partial charge in [-0.3, -0.25) is 5.43 Å². The molecule has 0 aliphatic carbocycles. The van der Waals surface area contributed by atoms with Gasteiger partial charge in [0, 0.05) is 6.54 Å². The van der Waals surface area contributed by atoms with Crippen molar-refractivity contribution < 1.29 is 4.74 Å². The maximum atomic E-state index is 5.39. The van der Waals surface area contributed by atoms with Gasteiger partial charge in [-0.1, -0.05) is 6.08 Å². The molecule has 4 nitrogen and oxygen atoms in total. The lowest BCUT2D eigenvalue weighted by molar-refractivity contribution is 0.340. The molecule has 0 fully saturated rings. The monoisotopic (exact) mass is 277 g/mol. The molecule has 102 valence electrons. The second-order valence-electron chi connectivity index (χ2n) is 3.77. The molecule has 0 aliphatic rings. The molecule has 0 radical (unpaired) electrons. The van der Waals surface area contributed by atoms with E-state index in [2.05, 4.69) is 22.4 Å². The van der Waals surface area contributed by atoms with Gasteiger partial charge in [0.15, 0.2) is 5.11 Å². The molecule has 0 saturated heterocycles. The summed E-state index contributed by atoms with van der Waals surface area (Å²) in [5.41, 5.74) is 4.65. The van der Waals surface area contributed by atoms with Crippen molar-refractivity contribution >= 4 is 23.0 Å². The molecule has 0 spiro atoms. The van der Waals surface area contributed by atoms with E-state index >= 15 is 0 Å². The number of hydrazone groups is 1. The molecular formula is C14H19N3OS. The Bertz CT molecular complexity index is 454. The number of rotatable bonds is 6. The third kappa shape index (κ3) is 5.52. The summed E-state index contributed by atoms with van der Waals surface area (Å²) < 4.78 is 5.39. The van der Waals surface area contributed by atoms with E-state index in [0.29, 0.717) is 18.3 Å². The van der Waals surface area contributed by atoms with E-state index in [9.17, 15) is 0 Å². The van der Waals surface area contributed by atoms with E-state index < -0.39 is 0 Å². The fourth-order valence-corrected chi connectivity index (χ4v) is 1.49. The van der Waals surface area contributed by atoms with Crippen LogP contribution in [-0.2, 0) is 0 Å². The number of hydrogen-bond acceptors (Lipinski definition) is 3. The molecule has 19 heavy (non-hydrogen) atoms. The summed E-state index contributed by atoms with van der Waals surface area (Å²) in [5, 5.41) is 7.63. The highest BCUT2D eigenvalue weighted by molar-refractivity contribution is 7.80. The van der Waals surface area contributed by atoms with Gasteiger partial charge in [0.1, 0.15) is 5.75 Å². The molecular weight excluding hydrogens is 258 g/mol. The summed E-state index contributed by atoms with van der Waals surface area (Å²) in [6.45, 7) is 8.76. The van der Waals surface area contributed by atoms with Gasteiger partial charge in [0.25, 0.3) is 0 Å². The van der Waals surface area contributed by atoms with Crippen LogP contribution < -0.4 is 15.5 Å². The zero-order valence-electron chi connectivity index (χ0n) is 11.3. The van der Waals surface area contributed by atoms with Gasteiger partial charge in [0.05, 0.1) is 12.3 Å². The van der Waals surface area contributed by atoms with Crippen molar-refractivity contribution in [1.82, 2.24) is 10.7 Å². The lowest BCUT2D eigenvalue weighted by Gasteiger charge is -2.07. The van der Waals surface area contributed by atoms with Gasteiger partial charge < -0.3 is 10.1 Å². The van der Waals surface area contributed by atoms with Crippen LogP contribution in [0.2, 0.25) is 0 Å². The maximum Gasteiger partial charge on any atom is 0.187 e. The van der Waals surface area contributed by atoms with Crippen molar-refractivity contribution in [2.45, 2.75) is 13.8 Å². The van der Waals surface area contributed by atoms with Crippen molar-refractivity contribution in [3.05, 3.63) is 42.5 Å². The Balaban J connectivity index is 2.58. The molecule has 0 aromatic heterocycles. The van der Waals surface area contributed by atoms with Crippen molar-refractivity contribution in [3.63, 3.8) is 0 Å². The number of hydrogen-bond donors (Lipinski definition) is 2. The highest BCUT2D eigenvalue weighted by Gasteiger charge is 1.99. The fourth-order valence-electron chi connectivity index (χ4n) is 1.36. The third-order valence-corrected chi connectivity index (χ3v) is 2.55. The van der Waals surface area contributed by atoms with E-state index in [1.807, 2.05) is 38.1 Å². The fraction of sp³-hybridized carbons (Fsp3) is 0.286. The Morgan fingerprint density at radius 1 is 1.42 bits per heavy atom. The minimum absolute atomic E-state index is 0.477. The second kappa shape index (κ2) is 8.26. The third-order valence-electron chi connectivity index (χ3n) is 2.32. The summed E-state index contributed by atoms with van der Waals surface area (Å²) in [7, 11) is 0. The molecule has 0 atom stereocenters. The van der Waals surface area contributed by atoms with E-state index in [1.165, 1.54) is 0 Å². The molecule has 0 aliphatic heterocycles. The first-order chi connectivity index (χ1) is 9.17. The van der Waals surface area contributed by atoms with E-state index in [-0.39, 0.29) is 0 Å². The largest absolute Gasteiger partial charge is 0.494 e. The van der Waals surface area contributed by atoms with Gasteiger partial charge >= 0.3 is 0 Å². The van der Waals surface area contributed by atoms with Crippen molar-refractivity contribution in [2.75, 3.05) is 13.2 Å². The first kappa shape index (κ1) is 15.2. The standard InChI is InChI=1S/C14H19N3OS/c1-4-10-15-14(19)17-16-11(3)12-6-8-13(9-7-12)18-5-2/h4,6-9H,1,5,10H2,2-3H3,(H2,15,17,19)/b16-11-. The van der Waals surface area contributed by atoms with Crippen molar-refractivity contribution in [3.8, 4) is 5.75 Å². The highest BCUT2D eigenvalue weighted by atomic mass is 32.1. The van der Waals surface area contributed by atoms with E-state index in [1.54, 1.807) is 6.08 Å². The van der Waals surface area contributed by atoms with Gasteiger partial charge in [-0.15, -0.1) is 6.58 Å². The van der Waals surface area contributed by atoms with Crippen LogP contribution in [0.3, 0.4) is 0 Å². The predicted molar refractivity (Wildman–Crippen MR) is 83.8 cm³/mol. The van der Waals surface area contributed by atoms with Crippen LogP contribution in [0.4, 0.5) is 0 Å². The minimum Gasteiger partial charge on any atom is -0.494 e. The topological polar surface area (TPSA) is 45.7 Å². The SMILES string of the molecule is C=CCNC(=S)N/N=C(/C)c1ccc(OCC)cc1. The number of nitrogens with one attached hydrogen (secondary N) is 2. The molecule has 1 aromatic carbocycles. The normalized spacial score (nSPS) is 10.7. The number of benzene rings is 1. The Morgan fingerprint density at radius 2 is 2.11 bits per heavy atom. The number of ether oxygens (including phenoxy) is 1. The molecule has 0 heterocycles. The molecule has 0 saturated carbocycles. The summed E-state index contributed by atoms with van der Waals surface area (Å²) in [5.74, 6) is 0.857. The Labute approximate surface area is 119 Å². The average Bonchev–Trinajstić information content (AvgIpc) is 2.43. The zero-order valence-corrected chi connectivity index (χ0v) is 12.1. The van der Waals surface area contributed by atoms with Gasteiger partial charge in [-0.25, -0.2) is 0 Å². The van der Waals surface area contributed by atoms with Gasteiger partial charge in [0.2, 0.25) is 0 Å². The Hall–Kier alpha value is -1.88. The van der Waals surface area contributed by atoms with Gasteiger partial charge in [-0.2, -0.15) is 5.10 Å². The van der Waals surface area contributed by atoms with Crippen molar-refractivity contribution in [1.29, 1.82) is 0 Å². The van der Waals surface area contributed by atoms with E-state index in [0.717, 1.165) is 17.0 Å². The lowest BCUT2D eigenvalue weighted by atomic mass is 10.1. The minimum atomic E-state index is 0.477. The van der Waals surface area contributed by atoms with Crippen LogP contribution in [0.15, 0.2) is 42.0 Å². The summed E-state index contributed by atoms with van der Waals surface area (Å²) in [6.07, 6.45) is 1.73. The van der Waals surface area contributed by atoms with Crippen molar-refractivity contribution in [2.24, 2.45) is 5.10 Å². The van der Waals surface area contributed by atoms with Crippen LogP contribution in [0.5, 0.6) is 5.75 Å². The number of nitrogens with zero attached hydrogens (tertiary/aromatic N) is 1. The highest BCUT2D eigenvalue weighted by Crippen LogP contribution is 2.12. The lowest BCUT2D eigenvalue weighted by Crippen LogP contribution is -2.32. The zero-order chi connectivity index (χ0) is 14.1. The molecule has 1 aromatic rings. The Kier molecular flexibility index (Phi) is 6.60. The first-order valence-corrected chi connectivity index (χ1v) is 6.50. The maximum absolute atomic E-state index is 5.39. The Morgan fingerprint density at radius 3 is 2.68 bits per heavy atom. The van der Waals surface area contributed by atoms with Crippen LogP contribution >= 0.6 is 12.2 Å². The average molecular weight is 277 g/mol. The molecule has 2 N–H and O–H groups in total. The summed E-state index contributed by atoms with van der Waals surface area (Å²) >= 11 is 5.05. The molecule has 0 unspecified atom stereocenters. The summed E-state index contributed by atoms with van der Waals surface area (Å²) in [4.78, 5) is 0. The molecule has 1 rings (SSSR count). The molecule has 0 bridgehead atoms. The van der Waals surface area contributed by atoms with Crippen LogP contribution in [0.1, 0.15) is 19.4 Å². The van der Waals surface area contributed by atoms with E-state index in [4.69, 9.17) is 17.0 Å². The predicted octanol–water partition coefficient (Wildman–Crippen LogP) is 2.46.